The van der Waals surface area contributed by atoms with Crippen LogP contribution in [0.3, 0.4) is 0 Å². The molecule has 88 valence electrons. The van der Waals surface area contributed by atoms with E-state index in [0.717, 1.165) is 0 Å². The summed E-state index contributed by atoms with van der Waals surface area (Å²) in [6.07, 6.45) is 0. The van der Waals surface area contributed by atoms with E-state index in [1.54, 1.807) is 39.0 Å². The molecule has 0 unspecified atom stereocenters. The second-order valence-electron chi connectivity index (χ2n) is 4.47. The smallest absolute Gasteiger partial charge is 0.255 e. The van der Waals surface area contributed by atoms with E-state index in [0.29, 0.717) is 5.56 Å². The molecular weight excluding hydrogens is 206 g/mol. The highest BCUT2D eigenvalue weighted by Gasteiger charge is 2.21. The molecule has 1 rings (SSSR count). The Balaban J connectivity index is 2.94. The summed E-state index contributed by atoms with van der Waals surface area (Å²) in [4.78, 5) is 11.8. The first-order valence-corrected chi connectivity index (χ1v) is 5.09. The van der Waals surface area contributed by atoms with Crippen LogP contribution in [0.4, 0.5) is 0 Å². The number of aromatic hydroxyl groups is 1. The standard InChI is InChI=1S/C12H17NO3/c1-8-5-4-6-9(10(8)15)11(16)13-12(2,3)7-14/h4-6,14-15H,7H2,1-3H3,(H,13,16). The fourth-order valence-electron chi connectivity index (χ4n) is 1.26. The van der Waals surface area contributed by atoms with Crippen LogP contribution in [-0.2, 0) is 0 Å². The van der Waals surface area contributed by atoms with Gasteiger partial charge in [0.25, 0.3) is 5.91 Å². The molecule has 0 radical (unpaired) electrons. The Hall–Kier alpha value is -1.55. The Morgan fingerprint density at radius 1 is 1.44 bits per heavy atom. The molecule has 3 N–H and O–H groups in total. The number of aliphatic hydroxyl groups is 1. The molecule has 0 spiro atoms. The SMILES string of the molecule is Cc1cccc(C(=O)NC(C)(C)CO)c1O. The Morgan fingerprint density at radius 3 is 2.62 bits per heavy atom. The summed E-state index contributed by atoms with van der Waals surface area (Å²) in [6, 6.07) is 4.98. The maximum absolute atomic E-state index is 11.8. The number of phenolic OH excluding ortho intramolecular Hbond substituents is 1. The van der Waals surface area contributed by atoms with Crippen LogP contribution >= 0.6 is 0 Å². The average molecular weight is 223 g/mol. The second kappa shape index (κ2) is 4.53. The molecule has 0 saturated heterocycles. The molecule has 1 aromatic rings. The van der Waals surface area contributed by atoms with Crippen molar-refractivity contribution < 1.29 is 15.0 Å². The van der Waals surface area contributed by atoms with Gasteiger partial charge >= 0.3 is 0 Å². The summed E-state index contributed by atoms with van der Waals surface area (Å²) in [5, 5.41) is 21.4. The number of hydrogen-bond donors (Lipinski definition) is 3. The van der Waals surface area contributed by atoms with Crippen molar-refractivity contribution in [1.82, 2.24) is 5.32 Å². The number of phenols is 1. The van der Waals surface area contributed by atoms with E-state index in [1.807, 2.05) is 0 Å². The van der Waals surface area contributed by atoms with Crippen molar-refractivity contribution in [3.63, 3.8) is 0 Å². The van der Waals surface area contributed by atoms with Crippen molar-refractivity contribution in [2.24, 2.45) is 0 Å². The molecule has 0 heterocycles. The number of hydrogen-bond acceptors (Lipinski definition) is 3. The lowest BCUT2D eigenvalue weighted by molar-refractivity contribution is 0.0866. The Kier molecular flexibility index (Phi) is 3.55. The summed E-state index contributed by atoms with van der Waals surface area (Å²) in [5.74, 6) is -0.408. The van der Waals surface area contributed by atoms with Gasteiger partial charge in [0.1, 0.15) is 5.75 Å². The van der Waals surface area contributed by atoms with Crippen LogP contribution in [0.15, 0.2) is 18.2 Å². The van der Waals surface area contributed by atoms with E-state index < -0.39 is 5.54 Å². The molecule has 1 aromatic carbocycles. The second-order valence-corrected chi connectivity index (χ2v) is 4.47. The van der Waals surface area contributed by atoms with Crippen molar-refractivity contribution in [1.29, 1.82) is 0 Å². The summed E-state index contributed by atoms with van der Waals surface area (Å²) in [7, 11) is 0. The van der Waals surface area contributed by atoms with Crippen molar-refractivity contribution in [2.45, 2.75) is 26.3 Å². The molecule has 0 bridgehead atoms. The van der Waals surface area contributed by atoms with Gasteiger partial charge in [0.2, 0.25) is 0 Å². The Morgan fingerprint density at radius 2 is 2.06 bits per heavy atom. The van der Waals surface area contributed by atoms with Crippen LogP contribution < -0.4 is 5.32 Å². The fraction of sp³-hybridized carbons (Fsp3) is 0.417. The lowest BCUT2D eigenvalue weighted by Gasteiger charge is -2.23. The van der Waals surface area contributed by atoms with Gasteiger partial charge in [-0.15, -0.1) is 0 Å². The third-order valence-electron chi connectivity index (χ3n) is 2.33. The van der Waals surface area contributed by atoms with Crippen molar-refractivity contribution in [3.8, 4) is 5.75 Å². The third-order valence-corrected chi connectivity index (χ3v) is 2.33. The van der Waals surface area contributed by atoms with Gasteiger partial charge in [-0.3, -0.25) is 4.79 Å². The predicted molar refractivity (Wildman–Crippen MR) is 61.5 cm³/mol. The number of amides is 1. The monoisotopic (exact) mass is 223 g/mol. The van der Waals surface area contributed by atoms with Gasteiger partial charge in [-0.05, 0) is 32.4 Å². The molecule has 1 amide bonds. The minimum absolute atomic E-state index is 0.0197. The van der Waals surface area contributed by atoms with Crippen LogP contribution in [0.1, 0.15) is 29.8 Å². The number of rotatable bonds is 3. The van der Waals surface area contributed by atoms with E-state index in [1.165, 1.54) is 0 Å². The minimum Gasteiger partial charge on any atom is -0.507 e. The van der Waals surface area contributed by atoms with E-state index in [4.69, 9.17) is 5.11 Å². The van der Waals surface area contributed by atoms with Crippen molar-refractivity contribution in [3.05, 3.63) is 29.3 Å². The zero-order valence-electron chi connectivity index (χ0n) is 9.74. The van der Waals surface area contributed by atoms with E-state index in [2.05, 4.69) is 5.32 Å². The molecule has 0 aliphatic heterocycles. The number of para-hydroxylation sites is 1. The van der Waals surface area contributed by atoms with Gasteiger partial charge < -0.3 is 15.5 Å². The van der Waals surface area contributed by atoms with Crippen molar-refractivity contribution >= 4 is 5.91 Å². The lowest BCUT2D eigenvalue weighted by atomic mass is 10.0. The summed E-state index contributed by atoms with van der Waals surface area (Å²) in [6.45, 7) is 4.98. The Labute approximate surface area is 94.9 Å². The van der Waals surface area contributed by atoms with Gasteiger partial charge in [0.15, 0.2) is 0 Å². The number of nitrogens with one attached hydrogen (secondary N) is 1. The first kappa shape index (κ1) is 12.5. The molecule has 0 aliphatic carbocycles. The number of carbonyl (C=O) groups excluding carboxylic acids is 1. The predicted octanol–water partition coefficient (Wildman–Crippen LogP) is 1.20. The third kappa shape index (κ3) is 2.73. The summed E-state index contributed by atoms with van der Waals surface area (Å²) < 4.78 is 0. The molecule has 0 aromatic heterocycles. The molecule has 0 fully saturated rings. The average Bonchev–Trinajstić information content (AvgIpc) is 2.21. The highest BCUT2D eigenvalue weighted by Crippen LogP contribution is 2.21. The quantitative estimate of drug-likeness (QED) is 0.721. The van der Waals surface area contributed by atoms with Gasteiger partial charge in [0, 0.05) is 0 Å². The topological polar surface area (TPSA) is 69.6 Å². The fourth-order valence-corrected chi connectivity index (χ4v) is 1.26. The largest absolute Gasteiger partial charge is 0.507 e. The van der Waals surface area contributed by atoms with Gasteiger partial charge in [0.05, 0.1) is 17.7 Å². The van der Waals surface area contributed by atoms with Gasteiger partial charge in [-0.1, -0.05) is 12.1 Å². The zero-order valence-corrected chi connectivity index (χ0v) is 9.74. The molecule has 4 nitrogen and oxygen atoms in total. The summed E-state index contributed by atoms with van der Waals surface area (Å²) in [5.41, 5.74) is 0.170. The van der Waals surface area contributed by atoms with E-state index >= 15 is 0 Å². The lowest BCUT2D eigenvalue weighted by Crippen LogP contribution is -2.46. The first-order chi connectivity index (χ1) is 7.37. The van der Waals surface area contributed by atoms with Crippen molar-refractivity contribution in [2.75, 3.05) is 6.61 Å². The van der Waals surface area contributed by atoms with Crippen LogP contribution in [0.25, 0.3) is 0 Å². The molecule has 4 heteroatoms. The summed E-state index contributed by atoms with van der Waals surface area (Å²) >= 11 is 0. The van der Waals surface area contributed by atoms with Gasteiger partial charge in [-0.2, -0.15) is 0 Å². The van der Waals surface area contributed by atoms with Crippen LogP contribution in [0, 0.1) is 6.92 Å². The van der Waals surface area contributed by atoms with Crippen LogP contribution in [0.2, 0.25) is 0 Å². The number of carbonyl (C=O) groups is 1. The minimum atomic E-state index is -0.701. The first-order valence-electron chi connectivity index (χ1n) is 5.09. The molecule has 16 heavy (non-hydrogen) atoms. The maximum Gasteiger partial charge on any atom is 0.255 e. The molecule has 0 saturated carbocycles. The zero-order chi connectivity index (χ0) is 12.3. The normalized spacial score (nSPS) is 11.2. The van der Waals surface area contributed by atoms with Gasteiger partial charge in [-0.25, -0.2) is 0 Å². The van der Waals surface area contributed by atoms with Crippen LogP contribution in [0.5, 0.6) is 5.75 Å². The van der Waals surface area contributed by atoms with E-state index in [-0.39, 0.29) is 23.8 Å². The highest BCUT2D eigenvalue weighted by atomic mass is 16.3. The maximum atomic E-state index is 11.8. The highest BCUT2D eigenvalue weighted by molar-refractivity contribution is 5.97. The number of aryl methyl sites for hydroxylation is 1. The number of benzene rings is 1. The molecule has 0 atom stereocenters. The van der Waals surface area contributed by atoms with Crippen LogP contribution in [-0.4, -0.2) is 28.3 Å². The number of aliphatic hydroxyl groups excluding tert-OH is 1. The van der Waals surface area contributed by atoms with E-state index in [9.17, 15) is 9.90 Å². The molecule has 0 aliphatic rings. The molecular formula is C12H17NO3. The Bertz CT molecular complexity index is 399.